The fourth-order valence-corrected chi connectivity index (χ4v) is 6.12. The van der Waals surface area contributed by atoms with Crippen molar-refractivity contribution >= 4 is 23.4 Å². The lowest BCUT2D eigenvalue weighted by molar-refractivity contribution is -0.219. The van der Waals surface area contributed by atoms with Gasteiger partial charge in [-0.3, -0.25) is 0 Å². The third kappa shape index (κ3) is 6.99. The summed E-state index contributed by atoms with van der Waals surface area (Å²) in [5, 5.41) is 33.0. The smallest absolute Gasteiger partial charge is 0.410 e. The Morgan fingerprint density at radius 2 is 1.86 bits per heavy atom. The fourth-order valence-electron chi connectivity index (χ4n) is 6.01. The number of likely N-dealkylation sites (tertiary alicyclic amines) is 1. The molecule has 2 fully saturated rings. The number of aliphatic hydroxyl groups excluding tert-OH is 2. The Hall–Kier alpha value is -2.91. The molecule has 0 spiro atoms. The van der Waals surface area contributed by atoms with Gasteiger partial charge in [0.05, 0.1) is 24.6 Å². The largest absolute Gasteiger partial charge is 0.444 e. The van der Waals surface area contributed by atoms with Gasteiger partial charge in [-0.25, -0.2) is 18.3 Å². The molecule has 0 aliphatic carbocycles. The molecule has 0 saturated carbocycles. The first kappa shape index (κ1) is 32.5. The number of methoxy groups -OCH3 is 1. The number of amides is 1. The molecule has 5 rings (SSSR count). The average molecular weight is 642 g/mol. The van der Waals surface area contributed by atoms with Crippen LogP contribution in [0.15, 0.2) is 23.5 Å². The van der Waals surface area contributed by atoms with Crippen molar-refractivity contribution in [1.82, 2.24) is 19.9 Å². The molecular formula is C29H38ClF2N5O7. The van der Waals surface area contributed by atoms with Gasteiger partial charge in [-0.1, -0.05) is 22.0 Å². The Balaban J connectivity index is 1.24. The molecule has 4 heterocycles. The summed E-state index contributed by atoms with van der Waals surface area (Å²) in [7, 11) is 1.47. The second kappa shape index (κ2) is 13.2. The van der Waals surface area contributed by atoms with E-state index in [4.69, 9.17) is 30.6 Å². The quantitative estimate of drug-likeness (QED) is 0.433. The van der Waals surface area contributed by atoms with E-state index in [-0.39, 0.29) is 29.4 Å². The summed E-state index contributed by atoms with van der Waals surface area (Å²) in [5.41, 5.74) is 0.631. The van der Waals surface area contributed by atoms with Gasteiger partial charge in [-0.2, -0.15) is 0 Å². The van der Waals surface area contributed by atoms with Gasteiger partial charge >= 0.3 is 6.09 Å². The summed E-state index contributed by atoms with van der Waals surface area (Å²) >= 11 is 5.61. The highest BCUT2D eigenvalue weighted by Crippen LogP contribution is 2.37. The third-order valence-electron chi connectivity index (χ3n) is 8.20. The molecule has 44 heavy (non-hydrogen) atoms. The van der Waals surface area contributed by atoms with Gasteiger partial charge in [0, 0.05) is 44.5 Å². The molecular weight excluding hydrogens is 604 g/mol. The molecule has 12 nitrogen and oxygen atoms in total. The molecule has 242 valence electrons. The maximum atomic E-state index is 14.1. The van der Waals surface area contributed by atoms with Gasteiger partial charge in [0.2, 0.25) is 0 Å². The van der Waals surface area contributed by atoms with E-state index >= 15 is 0 Å². The Bertz CT molecular complexity index is 1340. The van der Waals surface area contributed by atoms with E-state index in [2.05, 4.69) is 15.5 Å². The minimum absolute atomic E-state index is 0.113. The van der Waals surface area contributed by atoms with Crippen LogP contribution in [0.4, 0.5) is 13.6 Å². The van der Waals surface area contributed by atoms with Crippen LogP contribution < -0.4 is 0 Å². The van der Waals surface area contributed by atoms with Gasteiger partial charge in [0.15, 0.2) is 0 Å². The van der Waals surface area contributed by atoms with Gasteiger partial charge in [-0.15, -0.1) is 5.10 Å². The second-order valence-corrected chi connectivity index (χ2v) is 12.8. The van der Waals surface area contributed by atoms with Crippen LogP contribution in [-0.2, 0) is 19.0 Å². The van der Waals surface area contributed by atoms with Crippen LogP contribution in [0.5, 0.6) is 0 Å². The third-order valence-corrected chi connectivity index (χ3v) is 8.56. The molecule has 3 aliphatic rings. The van der Waals surface area contributed by atoms with Crippen molar-refractivity contribution in [2.24, 2.45) is 11.1 Å². The Morgan fingerprint density at radius 1 is 1.18 bits per heavy atom. The van der Waals surface area contributed by atoms with E-state index in [1.165, 1.54) is 18.0 Å². The summed E-state index contributed by atoms with van der Waals surface area (Å²) in [5.74, 6) is -1.71. The number of halogens is 3. The van der Waals surface area contributed by atoms with Crippen LogP contribution in [0, 0.1) is 17.6 Å². The first-order valence-corrected chi connectivity index (χ1v) is 15.0. The lowest BCUT2D eigenvalue weighted by atomic mass is 9.86. The summed E-state index contributed by atoms with van der Waals surface area (Å²) in [6.45, 7) is 6.18. The monoisotopic (exact) mass is 641 g/mol. The van der Waals surface area contributed by atoms with Gasteiger partial charge in [0.25, 0.3) is 0 Å². The molecule has 2 N–H and O–H groups in total. The number of piperidine rings is 1. The lowest BCUT2D eigenvalue weighted by Crippen LogP contribution is -2.57. The van der Waals surface area contributed by atoms with Crippen molar-refractivity contribution in [1.29, 1.82) is 0 Å². The zero-order valence-electron chi connectivity index (χ0n) is 25.0. The number of carbonyl (C=O) groups is 1. The first-order valence-electron chi connectivity index (χ1n) is 14.6. The minimum atomic E-state index is -1.24. The van der Waals surface area contributed by atoms with Crippen LogP contribution in [0.1, 0.15) is 52.5 Å². The van der Waals surface area contributed by atoms with Crippen molar-refractivity contribution in [2.45, 2.75) is 88.6 Å². The van der Waals surface area contributed by atoms with Crippen LogP contribution >= 0.6 is 11.6 Å². The van der Waals surface area contributed by atoms with Crippen molar-refractivity contribution in [3.05, 3.63) is 35.0 Å². The van der Waals surface area contributed by atoms with E-state index in [0.717, 1.165) is 30.7 Å². The number of hydrogen-bond acceptors (Lipinski definition) is 10. The predicted molar refractivity (Wildman–Crippen MR) is 154 cm³/mol. The van der Waals surface area contributed by atoms with Crippen molar-refractivity contribution in [3.63, 3.8) is 0 Å². The zero-order chi connectivity index (χ0) is 31.8. The summed E-state index contributed by atoms with van der Waals surface area (Å²) in [6, 6.07) is 1.24. The SMILES string of the molecule is CO[C@@H]1[C@@H](n2cc(-c3cc(F)c(Cl)c(F)c3)nn2)[C@@H](O)[C@@H](CO)O[C@@H]1C[C@H]1CC(C2CCN(C(=O)OC(C)(C)C)CC2)=NO1. The van der Waals surface area contributed by atoms with Crippen molar-refractivity contribution < 1.29 is 42.8 Å². The van der Waals surface area contributed by atoms with Crippen molar-refractivity contribution in [3.8, 4) is 11.3 Å². The van der Waals surface area contributed by atoms with Gasteiger partial charge in [-0.05, 0) is 45.7 Å². The summed E-state index contributed by atoms with van der Waals surface area (Å²) < 4.78 is 46.9. The number of oxime groups is 1. The maximum absolute atomic E-state index is 14.1. The fraction of sp³-hybridized carbons (Fsp3) is 0.655. The molecule has 0 radical (unpaired) electrons. The topological polar surface area (TPSA) is 141 Å². The highest BCUT2D eigenvalue weighted by atomic mass is 35.5. The van der Waals surface area contributed by atoms with Crippen LogP contribution in [-0.4, -0.2) is 105 Å². The molecule has 1 aromatic heterocycles. The first-order chi connectivity index (χ1) is 20.9. The van der Waals surface area contributed by atoms with E-state index in [1.807, 2.05) is 20.8 Å². The summed E-state index contributed by atoms with van der Waals surface area (Å²) in [4.78, 5) is 19.9. The second-order valence-electron chi connectivity index (χ2n) is 12.4. The molecule has 0 bridgehead atoms. The highest BCUT2D eigenvalue weighted by Gasteiger charge is 2.48. The summed E-state index contributed by atoms with van der Waals surface area (Å²) in [6.07, 6.45) is -0.397. The Morgan fingerprint density at radius 3 is 2.48 bits per heavy atom. The normalized spacial score (nSPS) is 28.1. The maximum Gasteiger partial charge on any atom is 0.410 e. The lowest BCUT2D eigenvalue weighted by Gasteiger charge is -2.44. The molecule has 15 heteroatoms. The van der Waals surface area contributed by atoms with Crippen LogP contribution in [0.25, 0.3) is 11.3 Å². The zero-order valence-corrected chi connectivity index (χ0v) is 25.8. The Labute approximate surface area is 258 Å². The average Bonchev–Trinajstić information content (AvgIpc) is 3.66. The standard InChI is InChI=1S/C29H38ClF2N5O7/c1-29(2,3)43-28(40)36-7-5-15(6-8-36)20-11-17(44-34-20)12-22-27(41-4)25(26(39)23(14-38)42-22)37-13-21(33-35-37)16-9-18(31)24(30)19(32)10-16/h9-10,13,15,17,22-23,25-27,38-39H,5-8,11-12,14H2,1-4H3/t17-,22-,23-,25+,26+,27+/m1/s1. The van der Waals surface area contributed by atoms with Crippen LogP contribution in [0.3, 0.4) is 0 Å². The molecule has 1 aromatic carbocycles. The van der Waals surface area contributed by atoms with E-state index in [1.54, 1.807) is 4.90 Å². The number of benzene rings is 1. The van der Waals surface area contributed by atoms with E-state index < -0.39 is 59.3 Å². The van der Waals surface area contributed by atoms with E-state index in [9.17, 15) is 23.8 Å². The minimum Gasteiger partial charge on any atom is -0.444 e. The Kier molecular flexibility index (Phi) is 9.75. The number of nitrogens with zero attached hydrogens (tertiary/aromatic N) is 5. The van der Waals surface area contributed by atoms with Crippen molar-refractivity contribution in [2.75, 3.05) is 26.8 Å². The molecule has 2 saturated heterocycles. The van der Waals surface area contributed by atoms with Gasteiger partial charge < -0.3 is 34.2 Å². The van der Waals surface area contributed by atoms with Gasteiger partial charge in [0.1, 0.15) is 58.4 Å². The molecule has 0 unspecified atom stereocenters. The van der Waals surface area contributed by atoms with E-state index in [0.29, 0.717) is 25.9 Å². The molecule has 6 atom stereocenters. The molecule has 3 aliphatic heterocycles. The number of aromatic nitrogens is 3. The highest BCUT2D eigenvalue weighted by molar-refractivity contribution is 6.31. The number of carbonyl (C=O) groups excluding carboxylic acids is 1. The van der Waals surface area contributed by atoms with Crippen LogP contribution in [0.2, 0.25) is 5.02 Å². The molecule has 2 aromatic rings. The number of ether oxygens (including phenoxy) is 3. The number of rotatable bonds is 7. The number of hydrogen-bond donors (Lipinski definition) is 2. The number of aliphatic hydroxyl groups is 2. The predicted octanol–water partition coefficient (Wildman–Crippen LogP) is 3.74. The molecule has 1 amide bonds.